The summed E-state index contributed by atoms with van der Waals surface area (Å²) in [6.07, 6.45) is -0.400. The maximum Gasteiger partial charge on any atom is 0.338 e. The SMILES string of the molecule is CCOC(=O)C1=C(COC(=O)CCN2C(=O)c3cccc([N+](=O)[O-])c3C2=O)NC(=O)N[C@H]1C. The second kappa shape index (κ2) is 9.46. The first kappa shape index (κ1) is 23.4. The molecular weight excluding hydrogens is 440 g/mol. The molecule has 0 saturated heterocycles. The van der Waals surface area contributed by atoms with Crippen LogP contribution >= 0.6 is 0 Å². The Morgan fingerprint density at radius 2 is 1.91 bits per heavy atom. The van der Waals surface area contributed by atoms with E-state index in [1.807, 2.05) is 0 Å². The predicted molar refractivity (Wildman–Crippen MR) is 109 cm³/mol. The van der Waals surface area contributed by atoms with Gasteiger partial charge in [-0.1, -0.05) is 6.07 Å². The van der Waals surface area contributed by atoms with Gasteiger partial charge < -0.3 is 20.1 Å². The minimum absolute atomic E-state index is 0.0504. The average Bonchev–Trinajstić information content (AvgIpc) is 3.00. The second-order valence-corrected chi connectivity index (χ2v) is 7.06. The molecule has 0 radical (unpaired) electrons. The fourth-order valence-corrected chi connectivity index (χ4v) is 3.49. The first-order valence-corrected chi connectivity index (χ1v) is 9.92. The molecule has 0 aromatic heterocycles. The van der Waals surface area contributed by atoms with Crippen LogP contribution in [0.1, 0.15) is 41.0 Å². The molecule has 0 spiro atoms. The Morgan fingerprint density at radius 3 is 2.58 bits per heavy atom. The third-order valence-electron chi connectivity index (χ3n) is 4.96. The van der Waals surface area contributed by atoms with Crippen molar-refractivity contribution < 1.29 is 38.4 Å². The van der Waals surface area contributed by atoms with Crippen LogP contribution in [0.25, 0.3) is 0 Å². The molecule has 1 atom stereocenters. The third kappa shape index (κ3) is 4.66. The molecule has 33 heavy (non-hydrogen) atoms. The van der Waals surface area contributed by atoms with Crippen molar-refractivity contribution in [1.29, 1.82) is 0 Å². The van der Waals surface area contributed by atoms with Crippen LogP contribution in [0.5, 0.6) is 0 Å². The lowest BCUT2D eigenvalue weighted by atomic mass is 10.0. The Labute approximate surface area is 186 Å². The van der Waals surface area contributed by atoms with Gasteiger partial charge in [0.25, 0.3) is 17.5 Å². The summed E-state index contributed by atoms with van der Waals surface area (Å²) in [5.41, 5.74) is -0.786. The highest BCUT2D eigenvalue weighted by Gasteiger charge is 2.41. The average molecular weight is 460 g/mol. The molecule has 174 valence electrons. The minimum Gasteiger partial charge on any atom is -0.463 e. The van der Waals surface area contributed by atoms with E-state index in [1.54, 1.807) is 13.8 Å². The first-order chi connectivity index (χ1) is 15.6. The molecular formula is C20H20N4O9. The molecule has 3 rings (SSSR count). The lowest BCUT2D eigenvalue weighted by Gasteiger charge is -2.26. The van der Waals surface area contributed by atoms with Gasteiger partial charge in [0, 0.05) is 12.6 Å². The third-order valence-corrected chi connectivity index (χ3v) is 4.96. The summed E-state index contributed by atoms with van der Waals surface area (Å²) in [5.74, 6) is -3.13. The highest BCUT2D eigenvalue weighted by Crippen LogP contribution is 2.30. The van der Waals surface area contributed by atoms with E-state index in [0.717, 1.165) is 11.0 Å². The van der Waals surface area contributed by atoms with Gasteiger partial charge in [-0.15, -0.1) is 0 Å². The van der Waals surface area contributed by atoms with E-state index in [-0.39, 0.29) is 35.5 Å². The van der Waals surface area contributed by atoms with Gasteiger partial charge in [0.15, 0.2) is 0 Å². The van der Waals surface area contributed by atoms with Crippen molar-refractivity contribution in [2.75, 3.05) is 19.8 Å². The summed E-state index contributed by atoms with van der Waals surface area (Å²) in [4.78, 5) is 72.3. The number of rotatable bonds is 8. The maximum absolute atomic E-state index is 12.5. The van der Waals surface area contributed by atoms with Crippen LogP contribution in [0.3, 0.4) is 0 Å². The second-order valence-electron chi connectivity index (χ2n) is 7.06. The van der Waals surface area contributed by atoms with Crippen LogP contribution in [-0.2, 0) is 19.1 Å². The van der Waals surface area contributed by atoms with Crippen molar-refractivity contribution in [3.63, 3.8) is 0 Å². The Balaban J connectivity index is 1.65. The first-order valence-electron chi connectivity index (χ1n) is 9.92. The fourth-order valence-electron chi connectivity index (χ4n) is 3.49. The van der Waals surface area contributed by atoms with Crippen LogP contribution in [0.4, 0.5) is 10.5 Å². The molecule has 13 heteroatoms. The Kier molecular flexibility index (Phi) is 6.70. The summed E-state index contributed by atoms with van der Waals surface area (Å²) >= 11 is 0. The predicted octanol–water partition coefficient (Wildman–Crippen LogP) is 0.643. The smallest absolute Gasteiger partial charge is 0.338 e. The summed E-state index contributed by atoms with van der Waals surface area (Å²) in [6.45, 7) is 2.48. The molecule has 4 amide bonds. The number of ether oxygens (including phenoxy) is 2. The van der Waals surface area contributed by atoms with Gasteiger partial charge in [-0.3, -0.25) is 29.4 Å². The number of amides is 4. The summed E-state index contributed by atoms with van der Waals surface area (Å²) in [5, 5.41) is 16.1. The van der Waals surface area contributed by atoms with Gasteiger partial charge in [-0.05, 0) is 19.9 Å². The normalized spacial score (nSPS) is 17.3. The van der Waals surface area contributed by atoms with Gasteiger partial charge in [0.2, 0.25) is 0 Å². The zero-order valence-electron chi connectivity index (χ0n) is 17.7. The van der Waals surface area contributed by atoms with Crippen LogP contribution in [-0.4, -0.2) is 65.4 Å². The van der Waals surface area contributed by atoms with Crippen molar-refractivity contribution in [1.82, 2.24) is 15.5 Å². The zero-order chi connectivity index (χ0) is 24.3. The number of urea groups is 1. The number of carbonyl (C=O) groups excluding carboxylic acids is 5. The van der Waals surface area contributed by atoms with Crippen molar-refractivity contribution in [2.45, 2.75) is 26.3 Å². The topological polar surface area (TPSA) is 174 Å². The van der Waals surface area contributed by atoms with Crippen molar-refractivity contribution in [3.05, 3.63) is 50.7 Å². The molecule has 0 aliphatic carbocycles. The number of hydrogen-bond acceptors (Lipinski definition) is 9. The highest BCUT2D eigenvalue weighted by atomic mass is 16.6. The number of benzene rings is 1. The number of fused-ring (bicyclic) bond motifs is 1. The lowest BCUT2D eigenvalue weighted by Crippen LogP contribution is -2.50. The fraction of sp³-hybridized carbons (Fsp3) is 0.350. The Bertz CT molecular complexity index is 1100. The van der Waals surface area contributed by atoms with Crippen molar-refractivity contribution in [3.8, 4) is 0 Å². The molecule has 1 aromatic carbocycles. The van der Waals surface area contributed by atoms with E-state index in [9.17, 15) is 34.1 Å². The summed E-state index contributed by atoms with van der Waals surface area (Å²) in [7, 11) is 0. The molecule has 0 bridgehead atoms. The molecule has 1 aromatic rings. The van der Waals surface area contributed by atoms with Gasteiger partial charge in [-0.25, -0.2) is 9.59 Å². The van der Waals surface area contributed by atoms with E-state index in [2.05, 4.69) is 10.6 Å². The van der Waals surface area contributed by atoms with E-state index in [1.165, 1.54) is 12.1 Å². The molecule has 0 fully saturated rings. The molecule has 0 unspecified atom stereocenters. The molecule has 2 aliphatic heterocycles. The van der Waals surface area contributed by atoms with Crippen LogP contribution in [0, 0.1) is 10.1 Å². The number of hydrogen-bond donors (Lipinski definition) is 2. The number of nitro benzene ring substituents is 1. The van der Waals surface area contributed by atoms with Crippen LogP contribution in [0.15, 0.2) is 29.5 Å². The Hall–Kier alpha value is -4.29. The van der Waals surface area contributed by atoms with Crippen molar-refractivity contribution >= 4 is 35.5 Å². The summed E-state index contributed by atoms with van der Waals surface area (Å²) in [6, 6.07) is 2.44. The molecule has 13 nitrogen and oxygen atoms in total. The van der Waals surface area contributed by atoms with E-state index < -0.39 is 59.5 Å². The van der Waals surface area contributed by atoms with E-state index >= 15 is 0 Å². The van der Waals surface area contributed by atoms with E-state index in [0.29, 0.717) is 0 Å². The van der Waals surface area contributed by atoms with Crippen LogP contribution in [0.2, 0.25) is 0 Å². The van der Waals surface area contributed by atoms with Gasteiger partial charge in [0.05, 0.1) is 40.8 Å². The zero-order valence-corrected chi connectivity index (χ0v) is 17.7. The lowest BCUT2D eigenvalue weighted by molar-refractivity contribution is -0.385. The number of esters is 2. The summed E-state index contributed by atoms with van der Waals surface area (Å²) < 4.78 is 10.1. The van der Waals surface area contributed by atoms with Gasteiger partial charge >= 0.3 is 18.0 Å². The number of nitro groups is 1. The molecule has 2 heterocycles. The maximum atomic E-state index is 12.5. The van der Waals surface area contributed by atoms with Crippen molar-refractivity contribution in [2.24, 2.45) is 0 Å². The quantitative estimate of drug-likeness (QED) is 0.244. The monoisotopic (exact) mass is 460 g/mol. The molecule has 0 saturated carbocycles. The Morgan fingerprint density at radius 1 is 1.18 bits per heavy atom. The van der Waals surface area contributed by atoms with Gasteiger partial charge in [-0.2, -0.15) is 0 Å². The number of carbonyl (C=O) groups is 5. The molecule has 2 aliphatic rings. The molecule has 2 N–H and O–H groups in total. The highest BCUT2D eigenvalue weighted by molar-refractivity contribution is 6.23. The largest absolute Gasteiger partial charge is 0.463 e. The minimum atomic E-state index is -0.873. The van der Waals surface area contributed by atoms with Crippen LogP contribution < -0.4 is 10.6 Å². The number of nitrogens with zero attached hydrogens (tertiary/aromatic N) is 2. The standard InChI is InChI=1S/C20H20N4O9/c1-3-32-19(28)15-10(2)21-20(29)22-12(15)9-33-14(25)7-8-23-17(26)11-5-4-6-13(24(30)31)16(11)18(23)27/h4-6,10H,3,7-9H2,1-2H3,(H2,21,22,29)/t10-/m0/s1. The number of imide groups is 1. The van der Waals surface area contributed by atoms with E-state index in [4.69, 9.17) is 9.47 Å². The number of nitrogens with one attached hydrogen (secondary N) is 2. The van der Waals surface area contributed by atoms with Gasteiger partial charge in [0.1, 0.15) is 12.2 Å².